The first kappa shape index (κ1) is 8.39. The van der Waals surface area contributed by atoms with Gasteiger partial charge in [0.25, 0.3) is 0 Å². The van der Waals surface area contributed by atoms with Crippen molar-refractivity contribution in [3.63, 3.8) is 0 Å². The van der Waals surface area contributed by atoms with Gasteiger partial charge < -0.3 is 4.57 Å². The van der Waals surface area contributed by atoms with Gasteiger partial charge in [-0.3, -0.25) is 0 Å². The average molecular weight is 192 g/mol. The first-order valence-corrected chi connectivity index (χ1v) is 4.72. The summed E-state index contributed by atoms with van der Waals surface area (Å²) in [5.74, 6) is 0.550. The summed E-state index contributed by atoms with van der Waals surface area (Å²) >= 11 is 5.84. The third kappa shape index (κ3) is 1.61. The van der Waals surface area contributed by atoms with Crippen molar-refractivity contribution in [1.82, 2.24) is 4.57 Å². The van der Waals surface area contributed by atoms with E-state index >= 15 is 0 Å². The molecule has 0 amide bonds. The van der Waals surface area contributed by atoms with Crippen molar-refractivity contribution in [2.45, 2.75) is 5.88 Å². The van der Waals surface area contributed by atoms with E-state index < -0.39 is 0 Å². The highest BCUT2D eigenvalue weighted by molar-refractivity contribution is 6.17. The van der Waals surface area contributed by atoms with Gasteiger partial charge >= 0.3 is 0 Å². The summed E-state index contributed by atoms with van der Waals surface area (Å²) < 4.78 is 2.07. The van der Waals surface area contributed by atoms with Gasteiger partial charge in [-0.15, -0.1) is 11.6 Å². The monoisotopic (exact) mass is 191 g/mol. The molecule has 0 saturated heterocycles. The number of nitrogens with zero attached hydrogens (tertiary/aromatic N) is 1. The number of alkyl halides is 1. The Morgan fingerprint density at radius 2 is 1.69 bits per heavy atom. The lowest BCUT2D eigenvalue weighted by Gasteiger charge is -2.07. The molecule has 0 aliphatic rings. The zero-order valence-electron chi connectivity index (χ0n) is 7.15. The highest BCUT2D eigenvalue weighted by Crippen LogP contribution is 2.16. The van der Waals surface area contributed by atoms with Crippen LogP contribution in [0.5, 0.6) is 0 Å². The van der Waals surface area contributed by atoms with Crippen molar-refractivity contribution in [2.75, 3.05) is 0 Å². The first-order chi connectivity index (χ1) is 6.42. The Morgan fingerprint density at radius 1 is 1.00 bits per heavy atom. The maximum absolute atomic E-state index is 5.84. The fraction of sp³-hybridized carbons (Fsp3) is 0.0909. The first-order valence-electron chi connectivity index (χ1n) is 4.19. The van der Waals surface area contributed by atoms with Gasteiger partial charge in [0.05, 0.1) is 0 Å². The van der Waals surface area contributed by atoms with Crippen LogP contribution in [-0.4, -0.2) is 4.57 Å². The third-order valence-corrected chi connectivity index (χ3v) is 2.31. The van der Waals surface area contributed by atoms with Crippen LogP contribution in [0.1, 0.15) is 5.56 Å². The highest BCUT2D eigenvalue weighted by Gasteiger charge is 2.00. The van der Waals surface area contributed by atoms with E-state index in [2.05, 4.69) is 10.6 Å². The van der Waals surface area contributed by atoms with Gasteiger partial charge in [-0.1, -0.05) is 18.2 Å². The smallest absolute Gasteiger partial charge is 0.0494 e. The molecule has 1 aromatic carbocycles. The number of benzene rings is 1. The fourth-order valence-corrected chi connectivity index (χ4v) is 1.60. The van der Waals surface area contributed by atoms with Gasteiger partial charge in [0, 0.05) is 24.0 Å². The van der Waals surface area contributed by atoms with E-state index in [4.69, 9.17) is 11.6 Å². The van der Waals surface area contributed by atoms with E-state index in [0.717, 1.165) is 11.3 Å². The summed E-state index contributed by atoms with van der Waals surface area (Å²) in [6.07, 6.45) is 4.04. The van der Waals surface area contributed by atoms with Crippen molar-refractivity contribution in [1.29, 1.82) is 0 Å². The Kier molecular flexibility index (Phi) is 2.37. The predicted molar refractivity (Wildman–Crippen MR) is 55.3 cm³/mol. The molecule has 2 aromatic rings. The Bertz CT molecular complexity index is 379. The van der Waals surface area contributed by atoms with E-state index in [1.54, 1.807) is 0 Å². The molecule has 66 valence electrons. The summed E-state index contributed by atoms with van der Waals surface area (Å²) in [6, 6.07) is 12.1. The molecule has 0 saturated carbocycles. The minimum Gasteiger partial charge on any atom is -0.324 e. The van der Waals surface area contributed by atoms with E-state index in [-0.39, 0.29) is 0 Å². The Hall–Kier alpha value is -1.21. The molecular weight excluding hydrogens is 182 g/mol. The number of hydrogen-bond donors (Lipinski definition) is 0. The van der Waals surface area contributed by atoms with Crippen LogP contribution >= 0.6 is 11.6 Å². The SMILES string of the molecule is ClCc1ccccc1-n1cccc1. The summed E-state index contributed by atoms with van der Waals surface area (Å²) in [7, 11) is 0. The molecule has 0 fully saturated rings. The van der Waals surface area contributed by atoms with E-state index in [1.165, 1.54) is 0 Å². The lowest BCUT2D eigenvalue weighted by Crippen LogP contribution is -1.94. The van der Waals surface area contributed by atoms with E-state index in [1.807, 2.05) is 42.7 Å². The van der Waals surface area contributed by atoms with Crippen LogP contribution in [0.15, 0.2) is 48.8 Å². The topological polar surface area (TPSA) is 4.93 Å². The third-order valence-electron chi connectivity index (χ3n) is 2.02. The normalized spacial score (nSPS) is 10.2. The molecule has 0 radical (unpaired) electrons. The maximum Gasteiger partial charge on any atom is 0.0494 e. The maximum atomic E-state index is 5.84. The van der Waals surface area contributed by atoms with Gasteiger partial charge in [-0.25, -0.2) is 0 Å². The van der Waals surface area contributed by atoms with Gasteiger partial charge in [0.1, 0.15) is 0 Å². The molecule has 2 rings (SSSR count). The predicted octanol–water partition coefficient (Wildman–Crippen LogP) is 3.22. The molecule has 0 atom stereocenters. The standard InChI is InChI=1S/C11H10ClN/c12-9-10-5-1-2-6-11(10)13-7-3-4-8-13/h1-8H,9H2. The van der Waals surface area contributed by atoms with Gasteiger partial charge in [-0.05, 0) is 23.8 Å². The minimum atomic E-state index is 0.550. The van der Waals surface area contributed by atoms with Crippen molar-refractivity contribution in [3.8, 4) is 5.69 Å². The molecule has 0 aliphatic heterocycles. The molecule has 1 aromatic heterocycles. The van der Waals surface area contributed by atoms with Crippen LogP contribution in [0, 0.1) is 0 Å². The second-order valence-electron chi connectivity index (χ2n) is 2.85. The van der Waals surface area contributed by atoms with Crippen molar-refractivity contribution >= 4 is 11.6 Å². The molecule has 13 heavy (non-hydrogen) atoms. The number of hydrogen-bond acceptors (Lipinski definition) is 0. The lowest BCUT2D eigenvalue weighted by molar-refractivity contribution is 1.05. The summed E-state index contributed by atoms with van der Waals surface area (Å²) in [4.78, 5) is 0. The summed E-state index contributed by atoms with van der Waals surface area (Å²) in [5.41, 5.74) is 2.31. The van der Waals surface area contributed by atoms with Gasteiger partial charge in [0.15, 0.2) is 0 Å². The minimum absolute atomic E-state index is 0.550. The second-order valence-corrected chi connectivity index (χ2v) is 3.12. The van der Waals surface area contributed by atoms with Crippen LogP contribution in [0.3, 0.4) is 0 Å². The highest BCUT2D eigenvalue weighted by atomic mass is 35.5. The second kappa shape index (κ2) is 3.67. The molecule has 1 heterocycles. The average Bonchev–Trinajstić information content (AvgIpc) is 2.70. The van der Waals surface area contributed by atoms with Crippen LogP contribution in [-0.2, 0) is 5.88 Å². The zero-order valence-corrected chi connectivity index (χ0v) is 7.91. The fourth-order valence-electron chi connectivity index (χ4n) is 1.37. The quantitative estimate of drug-likeness (QED) is 0.643. The van der Waals surface area contributed by atoms with E-state index in [0.29, 0.717) is 5.88 Å². The number of para-hydroxylation sites is 1. The summed E-state index contributed by atoms with van der Waals surface area (Å²) in [6.45, 7) is 0. The van der Waals surface area contributed by atoms with Crippen molar-refractivity contribution < 1.29 is 0 Å². The number of rotatable bonds is 2. The molecule has 0 aliphatic carbocycles. The Balaban J connectivity index is 2.51. The molecule has 1 nitrogen and oxygen atoms in total. The molecule has 0 unspecified atom stereocenters. The molecule has 0 spiro atoms. The van der Waals surface area contributed by atoms with Crippen LogP contribution < -0.4 is 0 Å². The molecule has 0 N–H and O–H groups in total. The Labute approximate surface area is 82.6 Å². The zero-order chi connectivity index (χ0) is 9.10. The largest absolute Gasteiger partial charge is 0.324 e. The molecule has 0 bridgehead atoms. The molecule has 2 heteroatoms. The van der Waals surface area contributed by atoms with Crippen LogP contribution in [0.25, 0.3) is 5.69 Å². The lowest BCUT2D eigenvalue weighted by atomic mass is 10.2. The van der Waals surface area contributed by atoms with Crippen molar-refractivity contribution in [3.05, 3.63) is 54.4 Å². The number of aromatic nitrogens is 1. The van der Waals surface area contributed by atoms with Gasteiger partial charge in [-0.2, -0.15) is 0 Å². The number of halogens is 1. The van der Waals surface area contributed by atoms with Crippen LogP contribution in [0.2, 0.25) is 0 Å². The Morgan fingerprint density at radius 3 is 2.38 bits per heavy atom. The summed E-state index contributed by atoms with van der Waals surface area (Å²) in [5, 5.41) is 0. The van der Waals surface area contributed by atoms with Gasteiger partial charge in [0.2, 0.25) is 0 Å². The molecular formula is C11H10ClN. The van der Waals surface area contributed by atoms with Crippen molar-refractivity contribution in [2.24, 2.45) is 0 Å². The van der Waals surface area contributed by atoms with Crippen LogP contribution in [0.4, 0.5) is 0 Å². The van der Waals surface area contributed by atoms with E-state index in [9.17, 15) is 0 Å².